The molecule has 226 valence electrons. The number of nitrogens with zero attached hydrogens (tertiary/aromatic N) is 2. The molecule has 0 fully saturated rings. The Kier molecular flexibility index (Phi) is 4.91. The van der Waals surface area contributed by atoms with Crippen molar-refractivity contribution in [2.24, 2.45) is 0 Å². The minimum atomic E-state index is -0.109. The fraction of sp³-hybridized carbons (Fsp3) is 0.0667. The van der Waals surface area contributed by atoms with Crippen molar-refractivity contribution in [1.82, 2.24) is 9.13 Å². The first kappa shape index (κ1) is 26.1. The zero-order valence-electron chi connectivity index (χ0n) is 26.7. The van der Waals surface area contributed by atoms with Crippen LogP contribution in [0.25, 0.3) is 88.1 Å². The van der Waals surface area contributed by atoms with E-state index < -0.39 is 0 Å². The van der Waals surface area contributed by atoms with Crippen LogP contribution in [0, 0.1) is 0 Å². The van der Waals surface area contributed by atoms with Crippen LogP contribution < -0.4 is 0 Å². The van der Waals surface area contributed by atoms with Gasteiger partial charge in [-0.1, -0.05) is 105 Å². The predicted octanol–water partition coefficient (Wildman–Crippen LogP) is 12.1. The van der Waals surface area contributed by atoms with Gasteiger partial charge in [0.1, 0.15) is 5.58 Å². The van der Waals surface area contributed by atoms with E-state index in [0.717, 1.165) is 38.8 Å². The van der Waals surface area contributed by atoms with Gasteiger partial charge < -0.3 is 13.6 Å². The number of benzene rings is 7. The van der Waals surface area contributed by atoms with Crippen molar-refractivity contribution < 1.29 is 4.42 Å². The molecule has 0 saturated heterocycles. The molecule has 3 heterocycles. The summed E-state index contributed by atoms with van der Waals surface area (Å²) < 4.78 is 11.6. The summed E-state index contributed by atoms with van der Waals surface area (Å²) in [7, 11) is 0. The molecule has 0 aliphatic heterocycles. The Labute approximate surface area is 276 Å². The van der Waals surface area contributed by atoms with Crippen LogP contribution in [-0.4, -0.2) is 9.13 Å². The SMILES string of the molecule is CC1(C)c2ccccc2-c2ccc(-n3c4cc5c(cc4c4ccc6c7ccccc7oc6c43)c3ccccc3n5-c3ccccc3)cc21. The van der Waals surface area contributed by atoms with Crippen LogP contribution >= 0.6 is 0 Å². The van der Waals surface area contributed by atoms with Gasteiger partial charge in [-0.25, -0.2) is 0 Å². The normalized spacial score (nSPS) is 13.8. The van der Waals surface area contributed by atoms with E-state index in [1.54, 1.807) is 0 Å². The summed E-state index contributed by atoms with van der Waals surface area (Å²) >= 11 is 0. The Balaban J connectivity index is 1.32. The minimum Gasteiger partial charge on any atom is -0.454 e. The van der Waals surface area contributed by atoms with Gasteiger partial charge in [-0.05, 0) is 76.9 Å². The smallest absolute Gasteiger partial charge is 0.160 e. The van der Waals surface area contributed by atoms with Crippen LogP contribution in [0.5, 0.6) is 0 Å². The molecule has 48 heavy (non-hydrogen) atoms. The predicted molar refractivity (Wildman–Crippen MR) is 200 cm³/mol. The molecule has 3 heteroatoms. The molecular formula is C45H30N2O. The summed E-state index contributed by atoms with van der Waals surface area (Å²) in [6, 6.07) is 53.1. The van der Waals surface area contributed by atoms with E-state index in [9.17, 15) is 0 Å². The maximum absolute atomic E-state index is 6.76. The molecule has 0 saturated carbocycles. The molecule has 10 aromatic rings. The van der Waals surface area contributed by atoms with Crippen LogP contribution in [-0.2, 0) is 5.41 Å². The Bertz CT molecular complexity index is 2970. The third-order valence-corrected chi connectivity index (χ3v) is 10.9. The molecule has 0 amide bonds. The average Bonchev–Trinajstić information content (AvgIpc) is 3.83. The largest absolute Gasteiger partial charge is 0.454 e. The monoisotopic (exact) mass is 614 g/mol. The van der Waals surface area contributed by atoms with Gasteiger partial charge in [-0.3, -0.25) is 0 Å². The third-order valence-electron chi connectivity index (χ3n) is 10.9. The quantitative estimate of drug-likeness (QED) is 0.190. The lowest BCUT2D eigenvalue weighted by atomic mass is 9.82. The molecule has 3 aromatic heterocycles. The molecule has 1 aliphatic rings. The summed E-state index contributed by atoms with van der Waals surface area (Å²) in [5.74, 6) is 0. The molecule has 0 N–H and O–H groups in total. The molecule has 7 aromatic carbocycles. The number of para-hydroxylation sites is 3. The van der Waals surface area contributed by atoms with Crippen molar-refractivity contribution >= 4 is 65.6 Å². The topological polar surface area (TPSA) is 23.0 Å². The van der Waals surface area contributed by atoms with E-state index in [1.807, 2.05) is 0 Å². The Morgan fingerprint density at radius 1 is 0.438 bits per heavy atom. The fourth-order valence-corrected chi connectivity index (χ4v) is 8.69. The molecule has 0 atom stereocenters. The van der Waals surface area contributed by atoms with Gasteiger partial charge in [0.2, 0.25) is 0 Å². The van der Waals surface area contributed by atoms with Crippen LogP contribution in [0.4, 0.5) is 0 Å². The van der Waals surface area contributed by atoms with Gasteiger partial charge in [-0.15, -0.1) is 0 Å². The zero-order chi connectivity index (χ0) is 31.7. The van der Waals surface area contributed by atoms with Crippen molar-refractivity contribution in [2.75, 3.05) is 0 Å². The highest BCUT2D eigenvalue weighted by atomic mass is 16.3. The van der Waals surface area contributed by atoms with Crippen molar-refractivity contribution in [3.63, 3.8) is 0 Å². The molecule has 1 aliphatic carbocycles. The molecule has 0 spiro atoms. The second-order valence-electron chi connectivity index (χ2n) is 13.7. The molecule has 3 nitrogen and oxygen atoms in total. The van der Waals surface area contributed by atoms with Crippen LogP contribution in [0.3, 0.4) is 0 Å². The summed E-state index contributed by atoms with van der Waals surface area (Å²) in [4.78, 5) is 0. The molecular weight excluding hydrogens is 585 g/mol. The second kappa shape index (κ2) is 9.05. The van der Waals surface area contributed by atoms with Crippen molar-refractivity contribution in [3.8, 4) is 22.5 Å². The van der Waals surface area contributed by atoms with E-state index in [1.165, 1.54) is 60.3 Å². The number of aromatic nitrogens is 2. The minimum absolute atomic E-state index is 0.109. The standard InChI is InChI=1S/C45H30N2O/c1-45(2)37-17-9-6-14-29(37)30-21-20-28(24-38(30)45)47-41-26-40-35(31-15-7-10-18-39(31)46(40)27-12-4-3-5-13-27)25-36(41)33-22-23-34-32-16-8-11-19-42(32)48-44(34)43(33)47/h3-26H,1-2H3. The van der Waals surface area contributed by atoms with Gasteiger partial charge in [0.25, 0.3) is 0 Å². The highest BCUT2D eigenvalue weighted by Gasteiger charge is 2.35. The number of fused-ring (bicyclic) bond motifs is 13. The van der Waals surface area contributed by atoms with E-state index in [4.69, 9.17) is 4.42 Å². The first-order valence-corrected chi connectivity index (χ1v) is 16.7. The molecule has 0 unspecified atom stereocenters. The van der Waals surface area contributed by atoms with Gasteiger partial charge in [0.15, 0.2) is 5.58 Å². The summed E-state index contributed by atoms with van der Waals surface area (Å²) in [5, 5.41) is 7.19. The Hall–Kier alpha value is -6.06. The average molecular weight is 615 g/mol. The number of hydrogen-bond acceptors (Lipinski definition) is 1. The lowest BCUT2D eigenvalue weighted by molar-refractivity contribution is 0.660. The third kappa shape index (κ3) is 3.23. The van der Waals surface area contributed by atoms with Gasteiger partial charge in [0, 0.05) is 49.1 Å². The van der Waals surface area contributed by atoms with E-state index in [-0.39, 0.29) is 5.41 Å². The maximum Gasteiger partial charge on any atom is 0.160 e. The van der Waals surface area contributed by atoms with Crippen molar-refractivity contribution in [3.05, 3.63) is 157 Å². The highest BCUT2D eigenvalue weighted by molar-refractivity contribution is 6.24. The molecule has 0 radical (unpaired) electrons. The van der Waals surface area contributed by atoms with Crippen LogP contribution in [0.2, 0.25) is 0 Å². The van der Waals surface area contributed by atoms with E-state index in [2.05, 4.69) is 169 Å². The first-order chi connectivity index (χ1) is 23.6. The van der Waals surface area contributed by atoms with Gasteiger partial charge in [-0.2, -0.15) is 0 Å². The zero-order valence-corrected chi connectivity index (χ0v) is 26.7. The van der Waals surface area contributed by atoms with Gasteiger partial charge in [0.05, 0.1) is 22.1 Å². The Morgan fingerprint density at radius 2 is 1.12 bits per heavy atom. The van der Waals surface area contributed by atoms with Crippen LogP contribution in [0.1, 0.15) is 25.0 Å². The highest BCUT2D eigenvalue weighted by Crippen LogP contribution is 2.50. The molecule has 0 bridgehead atoms. The lowest BCUT2D eigenvalue weighted by Gasteiger charge is -2.22. The van der Waals surface area contributed by atoms with Gasteiger partial charge >= 0.3 is 0 Å². The first-order valence-electron chi connectivity index (χ1n) is 16.7. The fourth-order valence-electron chi connectivity index (χ4n) is 8.69. The maximum atomic E-state index is 6.76. The molecule has 11 rings (SSSR count). The van der Waals surface area contributed by atoms with Crippen LogP contribution in [0.15, 0.2) is 150 Å². The van der Waals surface area contributed by atoms with E-state index >= 15 is 0 Å². The summed E-state index contributed by atoms with van der Waals surface area (Å²) in [5.41, 5.74) is 14.1. The van der Waals surface area contributed by atoms with E-state index in [0.29, 0.717) is 0 Å². The van der Waals surface area contributed by atoms with Crippen molar-refractivity contribution in [2.45, 2.75) is 19.3 Å². The summed E-state index contributed by atoms with van der Waals surface area (Å²) in [6.07, 6.45) is 0. The number of hydrogen-bond donors (Lipinski definition) is 0. The lowest BCUT2D eigenvalue weighted by Crippen LogP contribution is -2.15. The summed E-state index contributed by atoms with van der Waals surface area (Å²) in [6.45, 7) is 4.71. The Morgan fingerprint density at radius 3 is 2.02 bits per heavy atom. The van der Waals surface area contributed by atoms with Crippen molar-refractivity contribution in [1.29, 1.82) is 0 Å². The number of rotatable bonds is 2. The number of furan rings is 1. The second-order valence-corrected chi connectivity index (χ2v) is 13.7.